The van der Waals surface area contributed by atoms with E-state index in [-0.39, 0.29) is 12.1 Å². The van der Waals surface area contributed by atoms with Gasteiger partial charge >= 0.3 is 0 Å². The summed E-state index contributed by atoms with van der Waals surface area (Å²) in [6.45, 7) is 2.92. The molecule has 0 radical (unpaired) electrons. The van der Waals surface area contributed by atoms with Crippen LogP contribution >= 0.6 is 0 Å². The summed E-state index contributed by atoms with van der Waals surface area (Å²) in [5, 5.41) is 3.40. The highest BCUT2D eigenvalue weighted by Crippen LogP contribution is 2.38. The Hall–Kier alpha value is -2.30. The van der Waals surface area contributed by atoms with Crippen LogP contribution < -0.4 is 11.1 Å². The lowest BCUT2D eigenvalue weighted by atomic mass is 9.90. The molecule has 0 saturated carbocycles. The first-order valence-corrected chi connectivity index (χ1v) is 7.33. The van der Waals surface area contributed by atoms with Gasteiger partial charge in [-0.1, -0.05) is 6.07 Å². The number of hydrogen-bond acceptors (Lipinski definition) is 5. The normalized spacial score (nSPS) is 26.6. The number of rotatable bonds is 1. The van der Waals surface area contributed by atoms with Gasteiger partial charge < -0.3 is 16.0 Å². The maximum Gasteiger partial charge on any atom is 0.136 e. The highest BCUT2D eigenvalue weighted by molar-refractivity contribution is 6.05. The summed E-state index contributed by atoms with van der Waals surface area (Å²) in [6, 6.07) is 6.60. The predicted molar refractivity (Wildman–Crippen MR) is 86.4 cm³/mol. The molecule has 2 atom stereocenters. The lowest BCUT2D eigenvalue weighted by molar-refractivity contribution is 0.341. The monoisotopic (exact) mass is 281 g/mol. The number of anilines is 1. The van der Waals surface area contributed by atoms with Crippen molar-refractivity contribution in [3.8, 4) is 0 Å². The Bertz CT molecular complexity index is 701. The van der Waals surface area contributed by atoms with Gasteiger partial charge in [-0.05, 0) is 42.2 Å². The zero-order valence-electron chi connectivity index (χ0n) is 12.3. The minimum atomic E-state index is 0.0453. The molecule has 108 valence electrons. The molecule has 1 aromatic carbocycles. The van der Waals surface area contributed by atoms with Crippen LogP contribution in [-0.2, 0) is 6.42 Å². The van der Waals surface area contributed by atoms with Crippen molar-refractivity contribution in [2.75, 3.05) is 18.9 Å². The molecular formula is C16H19N5. The largest absolute Gasteiger partial charge is 0.386 e. The average molecular weight is 281 g/mol. The van der Waals surface area contributed by atoms with Crippen LogP contribution in [0.1, 0.15) is 18.1 Å². The highest BCUT2D eigenvalue weighted by atomic mass is 15.3. The van der Waals surface area contributed by atoms with E-state index in [9.17, 15) is 0 Å². The van der Waals surface area contributed by atoms with Gasteiger partial charge in [0.1, 0.15) is 17.8 Å². The standard InChI is InChI=1S/C16H19N5/c1-9-19-15(17)14-12(8-21(2)16(14)20-9)10-3-4-13-11(7-10)5-6-18-13/h3-4,7-8,14,16,18H,5-6H2,1-2H3,(H2,17,19,20). The Morgan fingerprint density at radius 1 is 1.38 bits per heavy atom. The fourth-order valence-electron chi connectivity index (χ4n) is 3.46. The maximum absolute atomic E-state index is 6.20. The number of benzene rings is 1. The molecule has 0 aliphatic carbocycles. The highest BCUT2D eigenvalue weighted by Gasteiger charge is 2.39. The van der Waals surface area contributed by atoms with Crippen molar-refractivity contribution < 1.29 is 0 Å². The smallest absolute Gasteiger partial charge is 0.136 e. The van der Waals surface area contributed by atoms with Crippen molar-refractivity contribution in [2.45, 2.75) is 19.5 Å². The summed E-state index contributed by atoms with van der Waals surface area (Å²) in [5.41, 5.74) is 11.3. The molecule has 0 spiro atoms. The third kappa shape index (κ3) is 1.84. The SMILES string of the molecule is CC1=NC2C(C(c3ccc4c(c3)CCN4)=CN2C)C(N)=N1. The molecule has 0 amide bonds. The van der Waals surface area contributed by atoms with E-state index in [0.717, 1.165) is 18.8 Å². The molecule has 0 fully saturated rings. The zero-order valence-corrected chi connectivity index (χ0v) is 12.3. The van der Waals surface area contributed by atoms with Crippen molar-refractivity contribution >= 4 is 22.9 Å². The van der Waals surface area contributed by atoms with Crippen LogP contribution in [-0.4, -0.2) is 36.3 Å². The van der Waals surface area contributed by atoms with Gasteiger partial charge in [-0.15, -0.1) is 0 Å². The lowest BCUT2D eigenvalue weighted by Crippen LogP contribution is -2.40. The van der Waals surface area contributed by atoms with Crippen molar-refractivity contribution in [2.24, 2.45) is 21.6 Å². The van der Waals surface area contributed by atoms with Crippen molar-refractivity contribution in [3.05, 3.63) is 35.5 Å². The average Bonchev–Trinajstić information content (AvgIpc) is 3.03. The van der Waals surface area contributed by atoms with E-state index in [1.807, 2.05) is 6.92 Å². The summed E-state index contributed by atoms with van der Waals surface area (Å²) >= 11 is 0. The fraction of sp³-hybridized carbons (Fsp3) is 0.375. The number of nitrogens with one attached hydrogen (secondary N) is 1. The number of hydrogen-bond donors (Lipinski definition) is 2. The van der Waals surface area contributed by atoms with Crippen LogP contribution in [0.25, 0.3) is 5.57 Å². The third-order valence-corrected chi connectivity index (χ3v) is 4.47. The number of amidine groups is 2. The van der Waals surface area contributed by atoms with E-state index < -0.39 is 0 Å². The van der Waals surface area contributed by atoms with Gasteiger partial charge in [0.2, 0.25) is 0 Å². The Morgan fingerprint density at radius 3 is 3.10 bits per heavy atom. The number of aliphatic imine (C=N–C) groups is 2. The first-order chi connectivity index (χ1) is 10.1. The Balaban J connectivity index is 1.76. The summed E-state index contributed by atoms with van der Waals surface area (Å²) in [4.78, 5) is 11.1. The van der Waals surface area contributed by atoms with Gasteiger partial charge in [-0.2, -0.15) is 0 Å². The van der Waals surface area contributed by atoms with Gasteiger partial charge in [-0.25, -0.2) is 9.98 Å². The van der Waals surface area contributed by atoms with E-state index in [2.05, 4.69) is 51.6 Å². The summed E-state index contributed by atoms with van der Waals surface area (Å²) < 4.78 is 0. The molecule has 3 aliphatic rings. The van der Waals surface area contributed by atoms with Crippen LogP contribution in [0.5, 0.6) is 0 Å². The molecular weight excluding hydrogens is 262 g/mol. The van der Waals surface area contributed by atoms with Gasteiger partial charge in [0.25, 0.3) is 0 Å². The van der Waals surface area contributed by atoms with E-state index in [1.165, 1.54) is 22.4 Å². The van der Waals surface area contributed by atoms with E-state index in [1.54, 1.807) is 0 Å². The first kappa shape index (κ1) is 12.4. The van der Waals surface area contributed by atoms with Gasteiger partial charge in [-0.3, -0.25) is 0 Å². The third-order valence-electron chi connectivity index (χ3n) is 4.47. The van der Waals surface area contributed by atoms with Gasteiger partial charge in [0, 0.05) is 25.5 Å². The van der Waals surface area contributed by atoms with E-state index >= 15 is 0 Å². The zero-order chi connectivity index (χ0) is 14.6. The summed E-state index contributed by atoms with van der Waals surface area (Å²) in [5.74, 6) is 1.49. The quantitative estimate of drug-likeness (QED) is 0.823. The molecule has 0 aromatic heterocycles. The Morgan fingerprint density at radius 2 is 2.24 bits per heavy atom. The first-order valence-electron chi connectivity index (χ1n) is 7.33. The van der Waals surface area contributed by atoms with Crippen LogP contribution in [0.15, 0.2) is 34.4 Å². The van der Waals surface area contributed by atoms with Crippen molar-refractivity contribution in [1.29, 1.82) is 0 Å². The molecule has 3 aliphatic heterocycles. The minimum absolute atomic E-state index is 0.0453. The molecule has 5 heteroatoms. The van der Waals surface area contributed by atoms with E-state index in [0.29, 0.717) is 5.84 Å². The topological polar surface area (TPSA) is 66.0 Å². The van der Waals surface area contributed by atoms with Crippen LogP contribution in [0.3, 0.4) is 0 Å². The van der Waals surface area contributed by atoms with Crippen molar-refractivity contribution in [1.82, 2.24) is 4.90 Å². The second kappa shape index (κ2) is 4.35. The lowest BCUT2D eigenvalue weighted by Gasteiger charge is -2.27. The maximum atomic E-state index is 6.20. The Labute approximate surface area is 124 Å². The van der Waals surface area contributed by atoms with Crippen LogP contribution in [0.2, 0.25) is 0 Å². The van der Waals surface area contributed by atoms with E-state index in [4.69, 9.17) is 5.73 Å². The minimum Gasteiger partial charge on any atom is -0.386 e. The van der Waals surface area contributed by atoms with Gasteiger partial charge in [0.05, 0.1) is 5.92 Å². The molecule has 5 nitrogen and oxygen atoms in total. The predicted octanol–water partition coefficient (Wildman–Crippen LogP) is 1.67. The molecule has 3 N–H and O–H groups in total. The van der Waals surface area contributed by atoms with Gasteiger partial charge in [0.15, 0.2) is 0 Å². The second-order valence-electron chi connectivity index (χ2n) is 5.90. The number of nitrogens with two attached hydrogens (primary N) is 1. The summed E-state index contributed by atoms with van der Waals surface area (Å²) in [6.07, 6.45) is 3.29. The summed E-state index contributed by atoms with van der Waals surface area (Å²) in [7, 11) is 2.05. The molecule has 0 bridgehead atoms. The molecule has 3 heterocycles. The molecule has 1 aromatic rings. The van der Waals surface area contributed by atoms with Crippen LogP contribution in [0, 0.1) is 5.92 Å². The molecule has 2 unspecified atom stereocenters. The van der Waals surface area contributed by atoms with Crippen molar-refractivity contribution in [3.63, 3.8) is 0 Å². The second-order valence-corrected chi connectivity index (χ2v) is 5.90. The van der Waals surface area contributed by atoms with Crippen LogP contribution in [0.4, 0.5) is 5.69 Å². The number of fused-ring (bicyclic) bond motifs is 2. The molecule has 21 heavy (non-hydrogen) atoms. The Kier molecular flexibility index (Phi) is 2.58. The molecule has 4 rings (SSSR count). The fourth-order valence-corrected chi connectivity index (χ4v) is 3.46. The number of nitrogens with zero attached hydrogens (tertiary/aromatic N) is 3. The molecule has 0 saturated heterocycles.